The number of benzene rings is 1. The molecule has 0 aliphatic carbocycles. The number of hydrogen-bond acceptors (Lipinski definition) is 5. The zero-order valence-electron chi connectivity index (χ0n) is 14.6. The molecule has 3 amide bonds. The molecule has 0 saturated carbocycles. The van der Waals surface area contributed by atoms with Gasteiger partial charge in [-0.1, -0.05) is 31.4 Å². The van der Waals surface area contributed by atoms with Crippen LogP contribution in [0, 0.1) is 18.3 Å². The van der Waals surface area contributed by atoms with Crippen molar-refractivity contribution in [3.63, 3.8) is 0 Å². The number of imide groups is 1. The Bertz CT molecular complexity index is 727. The lowest BCUT2D eigenvalue weighted by atomic mass is 10.0. The molecule has 138 valence electrons. The Kier molecular flexibility index (Phi) is 6.47. The Morgan fingerprint density at radius 3 is 2.58 bits per heavy atom. The fourth-order valence-electron chi connectivity index (χ4n) is 2.40. The quantitative estimate of drug-likeness (QED) is 0.447. The third-order valence-electron chi connectivity index (χ3n) is 3.83. The fourth-order valence-corrected chi connectivity index (χ4v) is 2.52. The summed E-state index contributed by atoms with van der Waals surface area (Å²) < 4.78 is 5.24. The summed E-state index contributed by atoms with van der Waals surface area (Å²) in [6.45, 7) is 3.16. The minimum absolute atomic E-state index is 0.0629. The third-order valence-corrected chi connectivity index (χ3v) is 4.08. The molecule has 1 heterocycles. The van der Waals surface area contributed by atoms with Crippen LogP contribution in [0.2, 0.25) is 5.02 Å². The van der Waals surface area contributed by atoms with Crippen LogP contribution in [0.5, 0.6) is 0 Å². The van der Waals surface area contributed by atoms with Gasteiger partial charge in [0.05, 0.1) is 6.54 Å². The number of carbonyl (C=O) groups is 3. The first-order valence-electron chi connectivity index (χ1n) is 8.05. The van der Waals surface area contributed by atoms with E-state index in [-0.39, 0.29) is 25.7 Å². The van der Waals surface area contributed by atoms with Gasteiger partial charge >= 0.3 is 12.0 Å². The van der Waals surface area contributed by atoms with Crippen LogP contribution in [0.4, 0.5) is 10.5 Å². The number of esters is 1. The van der Waals surface area contributed by atoms with Gasteiger partial charge in [0.1, 0.15) is 12.6 Å². The van der Waals surface area contributed by atoms with Gasteiger partial charge in [0, 0.05) is 10.7 Å². The lowest BCUT2D eigenvalue weighted by Gasteiger charge is -2.23. The summed E-state index contributed by atoms with van der Waals surface area (Å²) in [4.78, 5) is 38.3. The molecule has 1 aromatic rings. The molecule has 1 unspecified atom stereocenters. The van der Waals surface area contributed by atoms with Gasteiger partial charge in [0.2, 0.25) is 0 Å². The van der Waals surface area contributed by atoms with Crippen molar-refractivity contribution in [1.29, 1.82) is 0 Å². The third kappa shape index (κ3) is 4.67. The molecule has 1 saturated heterocycles. The van der Waals surface area contributed by atoms with E-state index < -0.39 is 23.9 Å². The number of ether oxygens (including phenoxy) is 1. The van der Waals surface area contributed by atoms with E-state index in [1.165, 1.54) is 0 Å². The van der Waals surface area contributed by atoms with Crippen LogP contribution in [-0.2, 0) is 14.3 Å². The number of amides is 3. The van der Waals surface area contributed by atoms with Crippen molar-refractivity contribution >= 4 is 35.2 Å². The number of rotatable bonds is 7. The van der Waals surface area contributed by atoms with Crippen LogP contribution in [-0.4, -0.2) is 53.6 Å². The maximum atomic E-state index is 12.4. The molecule has 1 N–H and O–H groups in total. The highest BCUT2D eigenvalue weighted by Gasteiger charge is 2.36. The molecule has 0 bridgehead atoms. The molecule has 1 atom stereocenters. The van der Waals surface area contributed by atoms with E-state index in [1.54, 1.807) is 24.3 Å². The smallest absolute Gasteiger partial charge is 0.330 e. The first kappa shape index (κ1) is 19.6. The van der Waals surface area contributed by atoms with Crippen LogP contribution in [0.15, 0.2) is 24.3 Å². The summed E-state index contributed by atoms with van der Waals surface area (Å²) in [6, 6.07) is 5.75. The summed E-state index contributed by atoms with van der Waals surface area (Å²) >= 11 is 5.85. The number of halogens is 1. The van der Waals surface area contributed by atoms with Gasteiger partial charge < -0.3 is 10.1 Å². The molecule has 1 aromatic carbocycles. The Morgan fingerprint density at radius 1 is 1.35 bits per heavy atom. The van der Waals surface area contributed by atoms with Crippen molar-refractivity contribution in [3.05, 3.63) is 29.3 Å². The predicted octanol–water partition coefficient (Wildman–Crippen LogP) is 2.17. The molecule has 0 spiro atoms. The fraction of sp³-hybridized carbons (Fsp3) is 0.389. The van der Waals surface area contributed by atoms with E-state index in [0.717, 1.165) is 15.5 Å². The maximum Gasteiger partial charge on any atom is 0.330 e. The van der Waals surface area contributed by atoms with E-state index in [2.05, 4.69) is 11.2 Å². The summed E-state index contributed by atoms with van der Waals surface area (Å²) in [5.74, 6) is 1.25. The predicted molar refractivity (Wildman–Crippen MR) is 97.3 cm³/mol. The van der Waals surface area contributed by atoms with Gasteiger partial charge in [0.25, 0.3) is 5.91 Å². The van der Waals surface area contributed by atoms with E-state index in [0.29, 0.717) is 5.02 Å². The number of urea groups is 1. The molecule has 7 nitrogen and oxygen atoms in total. The zero-order chi connectivity index (χ0) is 19.3. The number of carbonyl (C=O) groups excluding carboxylic acids is 3. The first-order valence-corrected chi connectivity index (χ1v) is 8.42. The molecule has 1 aliphatic heterocycles. The van der Waals surface area contributed by atoms with Gasteiger partial charge in [-0.15, -0.1) is 6.42 Å². The topological polar surface area (TPSA) is 79.0 Å². The SMILES string of the molecule is C#CCN1C(=O)CN(COC(=O)C(Nc2ccc(Cl)cc2)C(C)C)C1=O. The second-order valence-corrected chi connectivity index (χ2v) is 6.57. The van der Waals surface area contributed by atoms with E-state index in [9.17, 15) is 14.4 Å². The van der Waals surface area contributed by atoms with Gasteiger partial charge in [-0.2, -0.15) is 0 Å². The Labute approximate surface area is 157 Å². The van der Waals surface area contributed by atoms with Crippen molar-refractivity contribution in [1.82, 2.24) is 9.80 Å². The summed E-state index contributed by atoms with van der Waals surface area (Å²) in [5.41, 5.74) is 0.720. The Hall–Kier alpha value is -2.72. The first-order chi connectivity index (χ1) is 12.3. The Morgan fingerprint density at radius 2 is 2.00 bits per heavy atom. The largest absolute Gasteiger partial charge is 0.443 e. The molecular weight excluding hydrogens is 358 g/mol. The summed E-state index contributed by atoms with van der Waals surface area (Å²) in [6.07, 6.45) is 5.14. The number of terminal acetylenes is 1. The van der Waals surface area contributed by atoms with Gasteiger partial charge in [-0.3, -0.25) is 14.6 Å². The average molecular weight is 378 g/mol. The molecule has 26 heavy (non-hydrogen) atoms. The normalized spacial score (nSPS) is 15.2. The van der Waals surface area contributed by atoms with Gasteiger partial charge in [-0.25, -0.2) is 9.59 Å². The lowest BCUT2D eigenvalue weighted by molar-refractivity contribution is -0.149. The van der Waals surface area contributed by atoms with Crippen molar-refractivity contribution in [3.8, 4) is 12.3 Å². The van der Waals surface area contributed by atoms with Crippen LogP contribution in [0.25, 0.3) is 0 Å². The van der Waals surface area contributed by atoms with E-state index in [1.807, 2.05) is 13.8 Å². The minimum Gasteiger partial charge on any atom is -0.443 e. The molecule has 1 fully saturated rings. The number of anilines is 1. The van der Waals surface area contributed by atoms with Gasteiger partial charge in [-0.05, 0) is 30.2 Å². The lowest BCUT2D eigenvalue weighted by Crippen LogP contribution is -2.40. The van der Waals surface area contributed by atoms with Crippen LogP contribution in [0.1, 0.15) is 13.8 Å². The van der Waals surface area contributed by atoms with E-state index >= 15 is 0 Å². The van der Waals surface area contributed by atoms with Crippen molar-refractivity contribution < 1.29 is 19.1 Å². The standard InChI is InChI=1S/C18H20ClN3O4/c1-4-9-22-15(23)10-21(18(22)25)11-26-17(24)16(12(2)3)20-14-7-5-13(19)6-8-14/h1,5-8,12,16,20H,9-11H2,2-3H3. The van der Waals surface area contributed by atoms with Gasteiger partial charge in [0.15, 0.2) is 6.73 Å². The van der Waals surface area contributed by atoms with Crippen molar-refractivity contribution in [2.45, 2.75) is 19.9 Å². The molecular formula is C18H20ClN3O4. The highest BCUT2D eigenvalue weighted by Crippen LogP contribution is 2.18. The molecule has 0 radical (unpaired) electrons. The summed E-state index contributed by atoms with van der Waals surface area (Å²) in [7, 11) is 0. The molecule has 8 heteroatoms. The summed E-state index contributed by atoms with van der Waals surface area (Å²) in [5, 5.41) is 3.68. The zero-order valence-corrected chi connectivity index (χ0v) is 15.3. The van der Waals surface area contributed by atoms with Crippen LogP contribution < -0.4 is 5.32 Å². The van der Waals surface area contributed by atoms with Crippen LogP contribution >= 0.6 is 11.6 Å². The molecule has 0 aromatic heterocycles. The Balaban J connectivity index is 1.96. The highest BCUT2D eigenvalue weighted by molar-refractivity contribution is 6.30. The molecule has 1 aliphatic rings. The van der Waals surface area contributed by atoms with Crippen LogP contribution in [0.3, 0.4) is 0 Å². The van der Waals surface area contributed by atoms with Crippen molar-refractivity contribution in [2.24, 2.45) is 5.92 Å². The number of nitrogens with one attached hydrogen (secondary N) is 1. The minimum atomic E-state index is -0.619. The van der Waals surface area contributed by atoms with Crippen molar-refractivity contribution in [2.75, 3.05) is 25.1 Å². The average Bonchev–Trinajstić information content (AvgIpc) is 2.86. The molecule has 2 rings (SSSR count). The second kappa shape index (κ2) is 8.59. The number of hydrogen-bond donors (Lipinski definition) is 1. The highest BCUT2D eigenvalue weighted by atomic mass is 35.5. The second-order valence-electron chi connectivity index (χ2n) is 6.13. The maximum absolute atomic E-state index is 12.4. The van der Waals surface area contributed by atoms with E-state index in [4.69, 9.17) is 22.8 Å². The number of nitrogens with zero attached hydrogens (tertiary/aromatic N) is 2. The monoisotopic (exact) mass is 377 g/mol.